The van der Waals surface area contributed by atoms with Gasteiger partial charge in [0.1, 0.15) is 11.6 Å². The fourth-order valence-corrected chi connectivity index (χ4v) is 2.65. The monoisotopic (exact) mass is 276 g/mol. The number of amides is 1. The Kier molecular flexibility index (Phi) is 4.93. The molecule has 0 unspecified atom stereocenters. The third-order valence-electron chi connectivity index (χ3n) is 3.74. The molecule has 20 heavy (non-hydrogen) atoms. The molecule has 0 saturated heterocycles. The summed E-state index contributed by atoms with van der Waals surface area (Å²) in [7, 11) is 3.90. The summed E-state index contributed by atoms with van der Waals surface area (Å²) in [6, 6.07) is 1.93. The van der Waals surface area contributed by atoms with Crippen molar-refractivity contribution >= 4 is 11.7 Å². The Hall–Kier alpha value is -1.65. The maximum atomic E-state index is 11.9. The second-order valence-electron chi connectivity index (χ2n) is 5.81. The van der Waals surface area contributed by atoms with Gasteiger partial charge in [0.15, 0.2) is 0 Å². The molecule has 1 aliphatic rings. The van der Waals surface area contributed by atoms with E-state index in [9.17, 15) is 4.79 Å². The zero-order valence-corrected chi connectivity index (χ0v) is 12.6. The average Bonchev–Trinajstić information content (AvgIpc) is 2.88. The second-order valence-corrected chi connectivity index (χ2v) is 5.81. The topological polar surface area (TPSA) is 58.1 Å². The molecule has 1 saturated carbocycles. The fraction of sp³-hybridized carbons (Fsp3) is 0.667. The molecule has 0 aromatic carbocycles. The van der Waals surface area contributed by atoms with Gasteiger partial charge in [-0.15, -0.1) is 0 Å². The van der Waals surface area contributed by atoms with E-state index < -0.39 is 0 Å². The number of aromatic nitrogens is 2. The lowest BCUT2D eigenvalue weighted by molar-refractivity contribution is -0.122. The molecule has 1 heterocycles. The van der Waals surface area contributed by atoms with E-state index in [0.29, 0.717) is 24.7 Å². The number of aryl methyl sites for hydroxylation is 1. The van der Waals surface area contributed by atoms with Crippen molar-refractivity contribution in [2.45, 2.75) is 45.6 Å². The van der Waals surface area contributed by atoms with Crippen LogP contribution < -0.4 is 10.2 Å². The Morgan fingerprint density at radius 3 is 2.70 bits per heavy atom. The van der Waals surface area contributed by atoms with Crippen LogP contribution in [0.1, 0.15) is 43.6 Å². The van der Waals surface area contributed by atoms with Gasteiger partial charge in [-0.1, -0.05) is 12.8 Å². The van der Waals surface area contributed by atoms with Gasteiger partial charge in [0, 0.05) is 32.3 Å². The first kappa shape index (κ1) is 14.8. The summed E-state index contributed by atoms with van der Waals surface area (Å²) in [6.07, 6.45) is 5.57. The van der Waals surface area contributed by atoms with Crippen molar-refractivity contribution in [2.75, 3.05) is 19.0 Å². The summed E-state index contributed by atoms with van der Waals surface area (Å²) in [5.41, 5.74) is 0.920. The van der Waals surface area contributed by atoms with E-state index in [-0.39, 0.29) is 5.91 Å². The van der Waals surface area contributed by atoms with Crippen LogP contribution >= 0.6 is 0 Å². The highest BCUT2D eigenvalue weighted by atomic mass is 16.1. The lowest BCUT2D eigenvalue weighted by atomic mass is 10.0. The Bertz CT molecular complexity index is 467. The van der Waals surface area contributed by atoms with Crippen LogP contribution in [0.3, 0.4) is 0 Å². The van der Waals surface area contributed by atoms with Gasteiger partial charge in [-0.2, -0.15) is 0 Å². The largest absolute Gasteiger partial charge is 0.363 e. The molecule has 1 aromatic rings. The van der Waals surface area contributed by atoms with Crippen LogP contribution in [0, 0.1) is 12.8 Å². The molecule has 2 rings (SSSR count). The van der Waals surface area contributed by atoms with Crippen molar-refractivity contribution in [1.82, 2.24) is 15.3 Å². The number of hydrogen-bond donors (Lipinski definition) is 1. The molecule has 1 aromatic heterocycles. The van der Waals surface area contributed by atoms with E-state index in [1.807, 2.05) is 32.0 Å². The standard InChI is InChI=1S/C15H24N4O/c1-11-8-14(19(2)3)18-13(17-11)10-16-15(20)9-12-6-4-5-7-12/h8,12H,4-7,9-10H2,1-3H3,(H,16,20). The normalized spacial score (nSPS) is 15.3. The van der Waals surface area contributed by atoms with Crippen molar-refractivity contribution in [3.63, 3.8) is 0 Å². The van der Waals surface area contributed by atoms with Crippen LogP contribution in [0.2, 0.25) is 0 Å². The SMILES string of the molecule is Cc1cc(N(C)C)nc(CNC(=O)CC2CCCC2)n1. The van der Waals surface area contributed by atoms with Gasteiger partial charge in [0.25, 0.3) is 0 Å². The maximum absolute atomic E-state index is 11.9. The third kappa shape index (κ3) is 4.18. The Morgan fingerprint density at radius 1 is 1.35 bits per heavy atom. The molecule has 0 spiro atoms. The molecule has 5 heteroatoms. The van der Waals surface area contributed by atoms with E-state index >= 15 is 0 Å². The summed E-state index contributed by atoms with van der Waals surface area (Å²) in [5, 5.41) is 2.94. The maximum Gasteiger partial charge on any atom is 0.220 e. The highest BCUT2D eigenvalue weighted by molar-refractivity contribution is 5.76. The summed E-state index contributed by atoms with van der Waals surface area (Å²) < 4.78 is 0. The first-order valence-electron chi connectivity index (χ1n) is 7.33. The minimum atomic E-state index is 0.119. The van der Waals surface area contributed by atoms with Crippen LogP contribution in [-0.4, -0.2) is 30.0 Å². The number of anilines is 1. The number of hydrogen-bond acceptors (Lipinski definition) is 4. The van der Waals surface area contributed by atoms with Crippen LogP contribution in [0.4, 0.5) is 5.82 Å². The van der Waals surface area contributed by atoms with Gasteiger partial charge < -0.3 is 10.2 Å². The quantitative estimate of drug-likeness (QED) is 0.894. The predicted molar refractivity (Wildman–Crippen MR) is 79.5 cm³/mol. The highest BCUT2D eigenvalue weighted by Crippen LogP contribution is 2.27. The van der Waals surface area contributed by atoms with Gasteiger partial charge in [-0.3, -0.25) is 4.79 Å². The summed E-state index contributed by atoms with van der Waals surface area (Å²) >= 11 is 0. The lowest BCUT2D eigenvalue weighted by Gasteiger charge is -2.14. The molecule has 0 bridgehead atoms. The highest BCUT2D eigenvalue weighted by Gasteiger charge is 2.18. The number of carbonyl (C=O) groups is 1. The average molecular weight is 276 g/mol. The van der Waals surface area contributed by atoms with E-state index in [4.69, 9.17) is 0 Å². The van der Waals surface area contributed by atoms with E-state index in [0.717, 1.165) is 11.5 Å². The van der Waals surface area contributed by atoms with Gasteiger partial charge in [-0.25, -0.2) is 9.97 Å². The van der Waals surface area contributed by atoms with Crippen LogP contribution in [0.15, 0.2) is 6.07 Å². The smallest absolute Gasteiger partial charge is 0.220 e. The molecular formula is C15H24N4O. The number of nitrogens with one attached hydrogen (secondary N) is 1. The molecule has 0 radical (unpaired) electrons. The molecular weight excluding hydrogens is 252 g/mol. The van der Waals surface area contributed by atoms with Crippen molar-refractivity contribution in [3.05, 3.63) is 17.6 Å². The van der Waals surface area contributed by atoms with E-state index in [1.165, 1.54) is 25.7 Å². The lowest BCUT2D eigenvalue weighted by Crippen LogP contribution is -2.26. The van der Waals surface area contributed by atoms with Gasteiger partial charge in [0.05, 0.1) is 6.54 Å². The van der Waals surface area contributed by atoms with Crippen molar-refractivity contribution in [1.29, 1.82) is 0 Å². The summed E-state index contributed by atoms with van der Waals surface area (Å²) in [4.78, 5) is 22.6. The summed E-state index contributed by atoms with van der Waals surface area (Å²) in [5.74, 6) is 2.24. The van der Waals surface area contributed by atoms with Crippen molar-refractivity contribution in [2.24, 2.45) is 5.92 Å². The molecule has 5 nitrogen and oxygen atoms in total. The van der Waals surface area contributed by atoms with E-state index in [2.05, 4.69) is 15.3 Å². The minimum Gasteiger partial charge on any atom is -0.363 e. The van der Waals surface area contributed by atoms with Crippen LogP contribution in [0.5, 0.6) is 0 Å². The summed E-state index contributed by atoms with van der Waals surface area (Å²) in [6.45, 7) is 2.35. The van der Waals surface area contributed by atoms with Gasteiger partial charge in [0.2, 0.25) is 5.91 Å². The molecule has 110 valence electrons. The zero-order valence-electron chi connectivity index (χ0n) is 12.6. The zero-order chi connectivity index (χ0) is 14.5. The third-order valence-corrected chi connectivity index (χ3v) is 3.74. The van der Waals surface area contributed by atoms with Gasteiger partial charge in [-0.05, 0) is 25.7 Å². The van der Waals surface area contributed by atoms with Crippen LogP contribution in [0.25, 0.3) is 0 Å². The molecule has 1 N–H and O–H groups in total. The number of carbonyl (C=O) groups excluding carboxylic acids is 1. The first-order chi connectivity index (χ1) is 9.54. The van der Waals surface area contributed by atoms with Crippen molar-refractivity contribution < 1.29 is 4.79 Å². The molecule has 0 atom stereocenters. The Balaban J connectivity index is 1.88. The Labute approximate surface area is 120 Å². The fourth-order valence-electron chi connectivity index (χ4n) is 2.65. The number of rotatable bonds is 5. The Morgan fingerprint density at radius 2 is 2.05 bits per heavy atom. The first-order valence-corrected chi connectivity index (χ1v) is 7.33. The van der Waals surface area contributed by atoms with Crippen molar-refractivity contribution in [3.8, 4) is 0 Å². The second kappa shape index (κ2) is 6.68. The number of nitrogens with zero attached hydrogens (tertiary/aromatic N) is 3. The molecule has 1 fully saturated rings. The molecule has 0 aliphatic heterocycles. The van der Waals surface area contributed by atoms with Gasteiger partial charge >= 0.3 is 0 Å². The molecule has 1 amide bonds. The minimum absolute atomic E-state index is 0.119. The predicted octanol–water partition coefficient (Wildman–Crippen LogP) is 2.05. The van der Waals surface area contributed by atoms with E-state index in [1.54, 1.807) is 0 Å². The molecule has 1 aliphatic carbocycles. The van der Waals surface area contributed by atoms with Crippen LogP contribution in [-0.2, 0) is 11.3 Å².